The van der Waals surface area contributed by atoms with E-state index in [0.29, 0.717) is 25.9 Å². The largest absolute Gasteiger partial charge is 0.353 e. The zero-order valence-electron chi connectivity index (χ0n) is 11.4. The maximum Gasteiger partial charge on any atom is 0.243 e. The van der Waals surface area contributed by atoms with Gasteiger partial charge in [0.1, 0.15) is 5.41 Å². The maximum absolute atomic E-state index is 12.5. The van der Waals surface area contributed by atoms with Crippen LogP contribution in [0.4, 0.5) is 0 Å². The van der Waals surface area contributed by atoms with E-state index in [4.69, 9.17) is 0 Å². The number of carbonyl (C=O) groups excluding carboxylic acids is 2. The van der Waals surface area contributed by atoms with Gasteiger partial charge in [-0.3, -0.25) is 9.59 Å². The SMILES string of the molecule is CC(=O)NC1CCN(C(=O)C2(C#N)CCCC2)CC1. The molecule has 0 aromatic rings. The van der Waals surface area contributed by atoms with Gasteiger partial charge in [-0.1, -0.05) is 12.8 Å². The number of nitrogens with zero attached hydrogens (tertiary/aromatic N) is 2. The third-order valence-corrected chi connectivity index (χ3v) is 4.27. The first-order valence-electron chi connectivity index (χ1n) is 7.05. The van der Waals surface area contributed by atoms with Crippen LogP contribution in [-0.4, -0.2) is 35.8 Å². The van der Waals surface area contributed by atoms with Crippen molar-refractivity contribution in [3.05, 3.63) is 0 Å². The van der Waals surface area contributed by atoms with Gasteiger partial charge in [-0.2, -0.15) is 5.26 Å². The van der Waals surface area contributed by atoms with Crippen molar-refractivity contribution >= 4 is 11.8 Å². The Morgan fingerprint density at radius 3 is 2.32 bits per heavy atom. The molecule has 5 nitrogen and oxygen atoms in total. The molecule has 5 heteroatoms. The summed E-state index contributed by atoms with van der Waals surface area (Å²) in [5, 5.41) is 12.2. The van der Waals surface area contributed by atoms with Crippen LogP contribution in [0.3, 0.4) is 0 Å². The topological polar surface area (TPSA) is 73.2 Å². The number of likely N-dealkylation sites (tertiary alicyclic amines) is 1. The molecule has 1 saturated heterocycles. The highest BCUT2D eigenvalue weighted by Crippen LogP contribution is 2.39. The molecule has 2 rings (SSSR count). The summed E-state index contributed by atoms with van der Waals surface area (Å²) < 4.78 is 0. The summed E-state index contributed by atoms with van der Waals surface area (Å²) in [5.74, 6) is -0.0113. The smallest absolute Gasteiger partial charge is 0.243 e. The number of carbonyl (C=O) groups is 2. The normalized spacial score (nSPS) is 22.8. The van der Waals surface area contributed by atoms with Crippen molar-refractivity contribution in [2.24, 2.45) is 5.41 Å². The van der Waals surface area contributed by atoms with E-state index in [9.17, 15) is 14.9 Å². The van der Waals surface area contributed by atoms with Gasteiger partial charge in [0.05, 0.1) is 6.07 Å². The number of nitrogens with one attached hydrogen (secondary N) is 1. The van der Waals surface area contributed by atoms with Crippen molar-refractivity contribution in [1.82, 2.24) is 10.2 Å². The Morgan fingerprint density at radius 2 is 1.84 bits per heavy atom. The summed E-state index contributed by atoms with van der Waals surface area (Å²) in [5.41, 5.74) is -0.763. The standard InChI is InChI=1S/C14H21N3O2/c1-11(18)16-12-4-8-17(9-5-12)13(19)14(10-15)6-2-3-7-14/h12H,2-9H2,1H3,(H,16,18). The van der Waals surface area contributed by atoms with Gasteiger partial charge in [0.25, 0.3) is 0 Å². The predicted molar refractivity (Wildman–Crippen MR) is 69.9 cm³/mol. The zero-order chi connectivity index (χ0) is 13.9. The fourth-order valence-electron chi connectivity index (χ4n) is 3.17. The van der Waals surface area contributed by atoms with Crippen LogP contribution in [0.2, 0.25) is 0 Å². The number of piperidine rings is 1. The van der Waals surface area contributed by atoms with E-state index in [1.54, 1.807) is 0 Å². The van der Waals surface area contributed by atoms with Crippen molar-refractivity contribution in [2.45, 2.75) is 51.5 Å². The Hall–Kier alpha value is -1.57. The summed E-state index contributed by atoms with van der Waals surface area (Å²) in [4.78, 5) is 25.3. The average Bonchev–Trinajstić information content (AvgIpc) is 2.88. The Labute approximate surface area is 113 Å². The Balaban J connectivity index is 1.92. The first-order chi connectivity index (χ1) is 9.07. The molecule has 1 aliphatic heterocycles. The number of amides is 2. The van der Waals surface area contributed by atoms with E-state index in [0.717, 1.165) is 25.7 Å². The van der Waals surface area contributed by atoms with Gasteiger partial charge >= 0.3 is 0 Å². The van der Waals surface area contributed by atoms with Gasteiger partial charge in [0.15, 0.2) is 0 Å². The van der Waals surface area contributed by atoms with E-state index >= 15 is 0 Å². The summed E-state index contributed by atoms with van der Waals surface area (Å²) >= 11 is 0. The molecule has 104 valence electrons. The van der Waals surface area contributed by atoms with Crippen LogP contribution in [0.15, 0.2) is 0 Å². The highest BCUT2D eigenvalue weighted by Gasteiger charge is 2.44. The van der Waals surface area contributed by atoms with Gasteiger partial charge in [-0.25, -0.2) is 0 Å². The molecule has 19 heavy (non-hydrogen) atoms. The van der Waals surface area contributed by atoms with E-state index in [1.807, 2.05) is 4.90 Å². The molecular formula is C14H21N3O2. The van der Waals surface area contributed by atoms with Crippen molar-refractivity contribution in [1.29, 1.82) is 5.26 Å². The molecule has 2 amide bonds. The van der Waals surface area contributed by atoms with Crippen molar-refractivity contribution in [3.63, 3.8) is 0 Å². The van der Waals surface area contributed by atoms with E-state index < -0.39 is 5.41 Å². The van der Waals surface area contributed by atoms with Crippen molar-refractivity contribution in [2.75, 3.05) is 13.1 Å². The Bertz CT molecular complexity index is 399. The lowest BCUT2D eigenvalue weighted by Crippen LogP contribution is -2.50. The number of rotatable bonds is 2. The summed E-state index contributed by atoms with van der Waals surface area (Å²) in [6.45, 7) is 2.81. The molecule has 0 radical (unpaired) electrons. The van der Waals surface area contributed by atoms with Gasteiger partial charge in [0, 0.05) is 26.1 Å². The Kier molecular flexibility index (Phi) is 4.08. The number of nitriles is 1. The molecule has 0 unspecified atom stereocenters. The highest BCUT2D eigenvalue weighted by atomic mass is 16.2. The molecule has 1 heterocycles. The van der Waals surface area contributed by atoms with Gasteiger partial charge < -0.3 is 10.2 Å². The molecular weight excluding hydrogens is 242 g/mol. The molecule has 2 fully saturated rings. The van der Waals surface area contributed by atoms with Crippen LogP contribution in [0, 0.1) is 16.7 Å². The minimum absolute atomic E-state index is 0.00813. The highest BCUT2D eigenvalue weighted by molar-refractivity contribution is 5.86. The van der Waals surface area contributed by atoms with Gasteiger partial charge in [0.2, 0.25) is 11.8 Å². The second-order valence-electron chi connectivity index (χ2n) is 5.67. The van der Waals surface area contributed by atoms with Crippen LogP contribution >= 0.6 is 0 Å². The Morgan fingerprint density at radius 1 is 1.26 bits per heavy atom. The first-order valence-corrected chi connectivity index (χ1v) is 7.05. The van der Waals surface area contributed by atoms with Crippen LogP contribution < -0.4 is 5.32 Å². The van der Waals surface area contributed by atoms with Crippen molar-refractivity contribution in [3.8, 4) is 6.07 Å². The summed E-state index contributed by atoms with van der Waals surface area (Å²) in [6, 6.07) is 2.43. The molecule has 0 aromatic heterocycles. The molecule has 0 atom stereocenters. The third kappa shape index (κ3) is 2.89. The van der Waals surface area contributed by atoms with Crippen LogP contribution in [-0.2, 0) is 9.59 Å². The van der Waals surface area contributed by atoms with Crippen LogP contribution in [0.5, 0.6) is 0 Å². The minimum atomic E-state index is -0.763. The predicted octanol–water partition coefficient (Wildman–Crippen LogP) is 1.20. The fourth-order valence-corrected chi connectivity index (χ4v) is 3.17. The quantitative estimate of drug-likeness (QED) is 0.813. The second-order valence-corrected chi connectivity index (χ2v) is 5.67. The summed E-state index contributed by atoms with van der Waals surface area (Å²) in [7, 11) is 0. The van der Waals surface area contributed by atoms with Gasteiger partial charge in [-0.05, 0) is 25.7 Å². The molecule has 1 N–H and O–H groups in total. The third-order valence-electron chi connectivity index (χ3n) is 4.27. The van der Waals surface area contributed by atoms with Crippen LogP contribution in [0.1, 0.15) is 45.4 Å². The lowest BCUT2D eigenvalue weighted by Gasteiger charge is -2.35. The number of hydrogen-bond acceptors (Lipinski definition) is 3. The maximum atomic E-state index is 12.5. The summed E-state index contributed by atoms with van der Waals surface area (Å²) in [6.07, 6.45) is 4.92. The van der Waals surface area contributed by atoms with E-state index in [1.165, 1.54) is 6.92 Å². The fraction of sp³-hybridized carbons (Fsp3) is 0.786. The van der Waals surface area contributed by atoms with Gasteiger partial charge in [-0.15, -0.1) is 0 Å². The minimum Gasteiger partial charge on any atom is -0.353 e. The van der Waals surface area contributed by atoms with E-state index in [-0.39, 0.29) is 17.9 Å². The van der Waals surface area contributed by atoms with E-state index in [2.05, 4.69) is 11.4 Å². The monoisotopic (exact) mass is 263 g/mol. The molecule has 2 aliphatic rings. The van der Waals surface area contributed by atoms with Crippen molar-refractivity contribution < 1.29 is 9.59 Å². The average molecular weight is 263 g/mol. The van der Waals surface area contributed by atoms with Crippen LogP contribution in [0.25, 0.3) is 0 Å². The molecule has 1 aliphatic carbocycles. The first kappa shape index (κ1) is 13.9. The molecule has 0 spiro atoms. The molecule has 0 bridgehead atoms. The lowest BCUT2D eigenvalue weighted by atomic mass is 9.85. The molecule has 0 aromatic carbocycles. The lowest BCUT2D eigenvalue weighted by molar-refractivity contribution is -0.140. The zero-order valence-corrected chi connectivity index (χ0v) is 11.4. The molecule has 1 saturated carbocycles. The second kappa shape index (κ2) is 5.60. The number of hydrogen-bond donors (Lipinski definition) is 1.